The Labute approximate surface area is 129 Å². The molecule has 3 aromatic rings. The van der Waals surface area contributed by atoms with E-state index in [0.717, 1.165) is 18.9 Å². The topological polar surface area (TPSA) is 60.6 Å². The summed E-state index contributed by atoms with van der Waals surface area (Å²) in [5.41, 5.74) is 1.24. The molecule has 6 heteroatoms. The molecule has 0 bridgehead atoms. The maximum Gasteiger partial charge on any atom is 0.140 e. The molecule has 0 saturated carbocycles. The van der Waals surface area contributed by atoms with Crippen molar-refractivity contribution in [1.82, 2.24) is 29.9 Å². The highest BCUT2D eigenvalue weighted by Gasteiger charge is 2.13. The molecule has 1 N–H and O–H groups in total. The third-order valence-electron chi connectivity index (χ3n) is 3.63. The molecular formula is C16H20N6. The van der Waals surface area contributed by atoms with Crippen molar-refractivity contribution >= 4 is 0 Å². The molecule has 0 radical (unpaired) electrons. The first-order valence-electron chi connectivity index (χ1n) is 7.49. The molecular weight excluding hydrogens is 276 g/mol. The Morgan fingerprint density at radius 2 is 2.00 bits per heavy atom. The average molecular weight is 296 g/mol. The van der Waals surface area contributed by atoms with Gasteiger partial charge in [-0.3, -0.25) is 4.68 Å². The van der Waals surface area contributed by atoms with Crippen LogP contribution in [0.25, 0.3) is 0 Å². The molecule has 2 heterocycles. The molecule has 1 unspecified atom stereocenters. The van der Waals surface area contributed by atoms with Crippen molar-refractivity contribution in [3.05, 3.63) is 66.5 Å². The lowest BCUT2D eigenvalue weighted by Gasteiger charge is -2.19. The second-order valence-electron chi connectivity index (χ2n) is 5.06. The lowest BCUT2D eigenvalue weighted by Crippen LogP contribution is -2.27. The molecule has 2 aromatic heterocycles. The van der Waals surface area contributed by atoms with Crippen LogP contribution < -0.4 is 5.32 Å². The third kappa shape index (κ3) is 3.40. The largest absolute Gasteiger partial charge is 0.301 e. The van der Waals surface area contributed by atoms with Gasteiger partial charge in [0.15, 0.2) is 0 Å². The lowest BCUT2D eigenvalue weighted by molar-refractivity contribution is 0.425. The maximum atomic E-state index is 4.32. The third-order valence-corrected chi connectivity index (χ3v) is 3.63. The Kier molecular flexibility index (Phi) is 4.60. The van der Waals surface area contributed by atoms with Gasteiger partial charge in [0.05, 0.1) is 19.1 Å². The molecule has 1 atom stereocenters. The quantitative estimate of drug-likeness (QED) is 0.724. The molecule has 1 aromatic carbocycles. The summed E-state index contributed by atoms with van der Waals surface area (Å²) in [7, 11) is 0. The number of aryl methyl sites for hydroxylation is 1. The van der Waals surface area contributed by atoms with Gasteiger partial charge in [0.25, 0.3) is 0 Å². The van der Waals surface area contributed by atoms with Crippen molar-refractivity contribution < 1.29 is 0 Å². The molecule has 22 heavy (non-hydrogen) atoms. The van der Waals surface area contributed by atoms with Crippen molar-refractivity contribution in [3.63, 3.8) is 0 Å². The SMILES string of the molecule is CCn1ncnc1CNC(Cn1cccn1)c1ccccc1. The standard InChI is InChI=1S/C16H20N6/c1-2-22-16(18-13-20-22)11-17-15(12-21-10-6-9-19-21)14-7-4-3-5-8-14/h3-10,13,15,17H,2,11-12H2,1H3. The number of nitrogens with one attached hydrogen (secondary N) is 1. The number of hydrogen-bond donors (Lipinski definition) is 1. The van der Waals surface area contributed by atoms with Crippen LogP contribution in [0.3, 0.4) is 0 Å². The van der Waals surface area contributed by atoms with Gasteiger partial charge >= 0.3 is 0 Å². The fraction of sp³-hybridized carbons (Fsp3) is 0.312. The van der Waals surface area contributed by atoms with Crippen molar-refractivity contribution in [3.8, 4) is 0 Å². The fourth-order valence-electron chi connectivity index (χ4n) is 2.47. The van der Waals surface area contributed by atoms with Crippen LogP contribution in [0.2, 0.25) is 0 Å². The van der Waals surface area contributed by atoms with Gasteiger partial charge in [0.1, 0.15) is 12.2 Å². The van der Waals surface area contributed by atoms with E-state index in [1.165, 1.54) is 5.56 Å². The first-order chi connectivity index (χ1) is 10.9. The smallest absolute Gasteiger partial charge is 0.140 e. The van der Waals surface area contributed by atoms with Crippen molar-refractivity contribution in [2.75, 3.05) is 0 Å². The van der Waals surface area contributed by atoms with Crippen LogP contribution in [0.4, 0.5) is 0 Å². The summed E-state index contributed by atoms with van der Waals surface area (Å²) in [6.07, 6.45) is 5.38. The summed E-state index contributed by atoms with van der Waals surface area (Å²) in [6, 6.07) is 12.5. The Morgan fingerprint density at radius 1 is 1.14 bits per heavy atom. The fourth-order valence-corrected chi connectivity index (χ4v) is 2.47. The molecule has 3 rings (SSSR count). The van der Waals surface area contributed by atoms with Crippen molar-refractivity contribution in [2.24, 2.45) is 0 Å². The lowest BCUT2D eigenvalue weighted by atomic mass is 10.1. The van der Waals surface area contributed by atoms with Gasteiger partial charge in [-0.25, -0.2) is 9.67 Å². The highest BCUT2D eigenvalue weighted by Crippen LogP contribution is 2.15. The van der Waals surface area contributed by atoms with Crippen LogP contribution >= 0.6 is 0 Å². The second-order valence-corrected chi connectivity index (χ2v) is 5.06. The predicted octanol–water partition coefficient (Wildman–Crippen LogP) is 2.03. The Hall–Kier alpha value is -2.47. The number of aromatic nitrogens is 5. The van der Waals surface area contributed by atoms with Gasteiger partial charge in [-0.1, -0.05) is 30.3 Å². The van der Waals surface area contributed by atoms with E-state index in [0.29, 0.717) is 6.54 Å². The Morgan fingerprint density at radius 3 is 2.73 bits per heavy atom. The minimum atomic E-state index is 0.170. The highest BCUT2D eigenvalue weighted by molar-refractivity contribution is 5.18. The van der Waals surface area contributed by atoms with Gasteiger partial charge in [-0.15, -0.1) is 0 Å². The summed E-state index contributed by atoms with van der Waals surface area (Å²) in [5, 5.41) is 12.1. The van der Waals surface area contributed by atoms with Crippen molar-refractivity contribution in [1.29, 1.82) is 0 Å². The molecule has 0 saturated heterocycles. The first kappa shape index (κ1) is 14.5. The summed E-state index contributed by atoms with van der Waals surface area (Å²) in [6.45, 7) is 4.34. The van der Waals surface area contributed by atoms with Gasteiger partial charge < -0.3 is 5.32 Å². The van der Waals surface area contributed by atoms with E-state index in [9.17, 15) is 0 Å². The van der Waals surface area contributed by atoms with Crippen LogP contribution in [-0.2, 0) is 19.6 Å². The maximum absolute atomic E-state index is 4.32. The van der Waals surface area contributed by atoms with E-state index in [-0.39, 0.29) is 6.04 Å². The van der Waals surface area contributed by atoms with Gasteiger partial charge in [-0.2, -0.15) is 10.2 Å². The molecule has 114 valence electrons. The summed E-state index contributed by atoms with van der Waals surface area (Å²) >= 11 is 0. The Balaban J connectivity index is 1.74. The summed E-state index contributed by atoms with van der Waals surface area (Å²) in [5.74, 6) is 0.948. The minimum absolute atomic E-state index is 0.170. The van der Waals surface area contributed by atoms with E-state index in [4.69, 9.17) is 0 Å². The van der Waals surface area contributed by atoms with Crippen LogP contribution in [0.1, 0.15) is 24.4 Å². The second kappa shape index (κ2) is 7.00. The van der Waals surface area contributed by atoms with Gasteiger partial charge in [0, 0.05) is 18.9 Å². The number of benzene rings is 1. The normalized spacial score (nSPS) is 12.4. The van der Waals surface area contributed by atoms with E-state index in [1.54, 1.807) is 12.5 Å². The monoisotopic (exact) mass is 296 g/mol. The molecule has 0 aliphatic carbocycles. The van der Waals surface area contributed by atoms with Crippen LogP contribution in [0, 0.1) is 0 Å². The van der Waals surface area contributed by atoms with E-state index in [2.05, 4.69) is 51.7 Å². The van der Waals surface area contributed by atoms with E-state index in [1.807, 2.05) is 27.7 Å². The minimum Gasteiger partial charge on any atom is -0.301 e. The molecule has 0 amide bonds. The Bertz CT molecular complexity index is 674. The van der Waals surface area contributed by atoms with Crippen LogP contribution in [0.15, 0.2) is 55.1 Å². The van der Waals surface area contributed by atoms with Gasteiger partial charge in [0.2, 0.25) is 0 Å². The van der Waals surface area contributed by atoms with E-state index >= 15 is 0 Å². The average Bonchev–Trinajstić information content (AvgIpc) is 3.23. The molecule has 0 aliphatic heterocycles. The number of rotatable bonds is 7. The van der Waals surface area contributed by atoms with Crippen LogP contribution in [0.5, 0.6) is 0 Å². The van der Waals surface area contributed by atoms with E-state index < -0.39 is 0 Å². The molecule has 0 aliphatic rings. The summed E-state index contributed by atoms with van der Waals surface area (Å²) in [4.78, 5) is 4.32. The first-order valence-corrected chi connectivity index (χ1v) is 7.49. The van der Waals surface area contributed by atoms with Gasteiger partial charge in [-0.05, 0) is 18.6 Å². The molecule has 6 nitrogen and oxygen atoms in total. The predicted molar refractivity (Wildman–Crippen MR) is 83.9 cm³/mol. The number of nitrogens with zero attached hydrogens (tertiary/aromatic N) is 5. The molecule has 0 spiro atoms. The zero-order valence-electron chi connectivity index (χ0n) is 12.6. The summed E-state index contributed by atoms with van der Waals surface area (Å²) < 4.78 is 3.85. The van der Waals surface area contributed by atoms with Crippen LogP contribution in [-0.4, -0.2) is 24.5 Å². The zero-order chi connectivity index (χ0) is 15.2. The highest BCUT2D eigenvalue weighted by atomic mass is 15.3. The zero-order valence-corrected chi connectivity index (χ0v) is 12.6. The van der Waals surface area contributed by atoms with Crippen molar-refractivity contribution in [2.45, 2.75) is 32.6 Å². The molecule has 0 fully saturated rings. The number of hydrogen-bond acceptors (Lipinski definition) is 4.